The van der Waals surface area contributed by atoms with Crippen LogP contribution in [-0.4, -0.2) is 43.8 Å². The fourth-order valence-electron chi connectivity index (χ4n) is 5.83. The number of halogens is 1. The molecule has 1 fully saturated rings. The molecule has 0 aromatic heterocycles. The van der Waals surface area contributed by atoms with Gasteiger partial charge in [0.1, 0.15) is 12.6 Å². The van der Waals surface area contributed by atoms with Gasteiger partial charge in [0.25, 0.3) is 10.0 Å². The molecular weight excluding hydrogens is 606 g/mol. The van der Waals surface area contributed by atoms with E-state index in [1.54, 1.807) is 43.3 Å². The summed E-state index contributed by atoms with van der Waals surface area (Å²) in [5.74, 6) is -0.731. The van der Waals surface area contributed by atoms with Gasteiger partial charge in [-0.15, -0.1) is 0 Å². The van der Waals surface area contributed by atoms with Crippen molar-refractivity contribution >= 4 is 39.1 Å². The van der Waals surface area contributed by atoms with Crippen LogP contribution in [-0.2, 0) is 32.6 Å². The van der Waals surface area contributed by atoms with Crippen molar-refractivity contribution in [2.24, 2.45) is 0 Å². The molecule has 1 aliphatic rings. The largest absolute Gasteiger partial charge is 0.352 e. The SMILES string of the molecule is Cc1cc(Cl)ccc1N(CC(=O)N(Cc1ccccc1)[C@@H](Cc1ccccc1)C(=O)NC1CCCC1)S(=O)(=O)c1ccccc1. The van der Waals surface area contributed by atoms with Crippen LogP contribution in [0.5, 0.6) is 0 Å². The number of amides is 2. The second-order valence-corrected chi connectivity index (χ2v) is 13.8. The molecule has 0 spiro atoms. The lowest BCUT2D eigenvalue weighted by molar-refractivity contribution is -0.140. The molecule has 1 atom stereocenters. The highest BCUT2D eigenvalue weighted by Crippen LogP contribution is 2.30. The summed E-state index contributed by atoms with van der Waals surface area (Å²) >= 11 is 6.23. The van der Waals surface area contributed by atoms with Crippen molar-refractivity contribution in [1.82, 2.24) is 10.2 Å². The first-order valence-electron chi connectivity index (χ1n) is 15.2. The van der Waals surface area contributed by atoms with E-state index in [1.807, 2.05) is 60.7 Å². The number of rotatable bonds is 12. The Labute approximate surface area is 270 Å². The summed E-state index contributed by atoms with van der Waals surface area (Å²) in [6.45, 7) is 1.39. The first-order chi connectivity index (χ1) is 21.7. The van der Waals surface area contributed by atoms with Gasteiger partial charge in [-0.2, -0.15) is 0 Å². The summed E-state index contributed by atoms with van der Waals surface area (Å²) in [6, 6.07) is 31.2. The molecule has 0 radical (unpaired) electrons. The predicted molar refractivity (Wildman–Crippen MR) is 178 cm³/mol. The lowest BCUT2D eigenvalue weighted by Gasteiger charge is -2.34. The first-order valence-corrected chi connectivity index (χ1v) is 17.1. The third-order valence-corrected chi connectivity index (χ3v) is 10.2. The summed E-state index contributed by atoms with van der Waals surface area (Å²) in [6.07, 6.45) is 4.18. The van der Waals surface area contributed by atoms with Gasteiger partial charge in [0.2, 0.25) is 11.8 Å². The zero-order valence-electron chi connectivity index (χ0n) is 25.3. The maximum Gasteiger partial charge on any atom is 0.264 e. The van der Waals surface area contributed by atoms with E-state index in [2.05, 4.69) is 5.32 Å². The van der Waals surface area contributed by atoms with Crippen LogP contribution in [0.2, 0.25) is 5.02 Å². The molecule has 0 saturated heterocycles. The van der Waals surface area contributed by atoms with Crippen LogP contribution in [0.25, 0.3) is 0 Å². The van der Waals surface area contributed by atoms with Crippen LogP contribution in [0.15, 0.2) is 114 Å². The minimum absolute atomic E-state index is 0.0520. The molecule has 0 heterocycles. The molecule has 5 rings (SSSR count). The normalized spacial score (nSPS) is 14.1. The minimum atomic E-state index is -4.17. The number of benzene rings is 4. The molecule has 1 N–H and O–H groups in total. The number of hydrogen-bond acceptors (Lipinski definition) is 4. The van der Waals surface area contributed by atoms with Crippen LogP contribution < -0.4 is 9.62 Å². The Hall–Kier alpha value is -4.14. The number of hydrogen-bond donors (Lipinski definition) is 1. The number of carbonyl (C=O) groups is 2. The fraction of sp³-hybridized carbons (Fsp3) is 0.278. The molecule has 0 bridgehead atoms. The predicted octanol–water partition coefficient (Wildman–Crippen LogP) is 6.54. The van der Waals surface area contributed by atoms with Gasteiger partial charge in [-0.3, -0.25) is 13.9 Å². The maximum absolute atomic E-state index is 14.6. The van der Waals surface area contributed by atoms with E-state index in [0.29, 0.717) is 16.3 Å². The summed E-state index contributed by atoms with van der Waals surface area (Å²) in [5.41, 5.74) is 2.67. The number of anilines is 1. The number of nitrogens with zero attached hydrogens (tertiary/aromatic N) is 2. The van der Waals surface area contributed by atoms with E-state index in [-0.39, 0.29) is 29.8 Å². The van der Waals surface area contributed by atoms with E-state index < -0.39 is 28.5 Å². The van der Waals surface area contributed by atoms with Gasteiger partial charge >= 0.3 is 0 Å². The fourth-order valence-corrected chi connectivity index (χ4v) is 7.56. The van der Waals surface area contributed by atoms with Crippen molar-refractivity contribution in [1.29, 1.82) is 0 Å². The van der Waals surface area contributed by atoms with Crippen LogP contribution in [0, 0.1) is 6.92 Å². The highest BCUT2D eigenvalue weighted by atomic mass is 35.5. The average Bonchev–Trinajstić information content (AvgIpc) is 3.56. The second kappa shape index (κ2) is 14.8. The van der Waals surface area contributed by atoms with E-state index in [0.717, 1.165) is 41.1 Å². The van der Waals surface area contributed by atoms with Crippen LogP contribution in [0.1, 0.15) is 42.4 Å². The lowest BCUT2D eigenvalue weighted by atomic mass is 10.0. The Bertz CT molecular complexity index is 1700. The molecule has 4 aromatic carbocycles. The first kappa shape index (κ1) is 32.3. The third kappa shape index (κ3) is 8.12. The monoisotopic (exact) mass is 643 g/mol. The van der Waals surface area contributed by atoms with Gasteiger partial charge in [0.15, 0.2) is 0 Å². The molecule has 4 aromatic rings. The Balaban J connectivity index is 1.57. The zero-order chi connectivity index (χ0) is 31.8. The van der Waals surface area contributed by atoms with Crippen molar-refractivity contribution in [2.45, 2.75) is 62.6 Å². The third-order valence-electron chi connectivity index (χ3n) is 8.21. The Morgan fingerprint density at radius 3 is 2.02 bits per heavy atom. The quantitative estimate of drug-likeness (QED) is 0.190. The summed E-state index contributed by atoms with van der Waals surface area (Å²) in [4.78, 5) is 30.2. The highest BCUT2D eigenvalue weighted by molar-refractivity contribution is 7.92. The van der Waals surface area contributed by atoms with Gasteiger partial charge in [-0.25, -0.2) is 8.42 Å². The minimum Gasteiger partial charge on any atom is -0.352 e. The summed E-state index contributed by atoms with van der Waals surface area (Å²) in [5, 5.41) is 3.65. The zero-order valence-corrected chi connectivity index (χ0v) is 26.9. The van der Waals surface area contributed by atoms with E-state index >= 15 is 0 Å². The van der Waals surface area contributed by atoms with Gasteiger partial charge in [-0.05, 0) is 66.8 Å². The van der Waals surface area contributed by atoms with Crippen molar-refractivity contribution < 1.29 is 18.0 Å². The topological polar surface area (TPSA) is 86.8 Å². The van der Waals surface area contributed by atoms with Gasteiger partial charge in [-0.1, -0.05) is 103 Å². The van der Waals surface area contributed by atoms with Crippen molar-refractivity contribution in [2.75, 3.05) is 10.8 Å². The van der Waals surface area contributed by atoms with Crippen molar-refractivity contribution in [3.8, 4) is 0 Å². The molecule has 2 amide bonds. The van der Waals surface area contributed by atoms with Crippen LogP contribution in [0.3, 0.4) is 0 Å². The standard InChI is InChI=1S/C36H38ClN3O4S/c1-27-23-30(37)21-22-33(27)40(45(43,44)32-19-9-4-10-20-32)26-35(41)39(25-29-15-7-3-8-16-29)34(24-28-13-5-2-6-14-28)36(42)38-31-17-11-12-18-31/h2-10,13-16,19-23,31,34H,11-12,17-18,24-26H2,1H3,(H,38,42)/t34-/m0/s1. The van der Waals surface area contributed by atoms with Crippen molar-refractivity contribution in [3.05, 3.63) is 131 Å². The molecular formula is C36H38ClN3O4S. The molecule has 9 heteroatoms. The molecule has 45 heavy (non-hydrogen) atoms. The molecule has 7 nitrogen and oxygen atoms in total. The maximum atomic E-state index is 14.6. The van der Waals surface area contributed by atoms with E-state index in [9.17, 15) is 18.0 Å². The van der Waals surface area contributed by atoms with Gasteiger partial charge < -0.3 is 10.2 Å². The lowest BCUT2D eigenvalue weighted by Crippen LogP contribution is -2.54. The summed E-state index contributed by atoms with van der Waals surface area (Å²) < 4.78 is 29.4. The molecule has 1 saturated carbocycles. The van der Waals surface area contributed by atoms with Gasteiger partial charge in [0.05, 0.1) is 10.6 Å². The van der Waals surface area contributed by atoms with Crippen molar-refractivity contribution in [3.63, 3.8) is 0 Å². The highest BCUT2D eigenvalue weighted by Gasteiger charge is 2.36. The van der Waals surface area contributed by atoms with Crippen LogP contribution in [0.4, 0.5) is 5.69 Å². The molecule has 1 aliphatic carbocycles. The Morgan fingerprint density at radius 1 is 0.844 bits per heavy atom. The number of aryl methyl sites for hydroxylation is 1. The Morgan fingerprint density at radius 2 is 1.42 bits per heavy atom. The number of sulfonamides is 1. The summed E-state index contributed by atoms with van der Waals surface area (Å²) in [7, 11) is -4.17. The number of carbonyl (C=O) groups excluding carboxylic acids is 2. The van der Waals surface area contributed by atoms with E-state index in [1.165, 1.54) is 17.0 Å². The van der Waals surface area contributed by atoms with Crippen LogP contribution >= 0.6 is 11.6 Å². The number of nitrogens with one attached hydrogen (secondary N) is 1. The van der Waals surface area contributed by atoms with E-state index in [4.69, 9.17) is 11.6 Å². The molecule has 0 aliphatic heterocycles. The smallest absolute Gasteiger partial charge is 0.264 e. The molecule has 0 unspecified atom stereocenters. The molecule has 234 valence electrons. The second-order valence-electron chi connectivity index (χ2n) is 11.5. The van der Waals surface area contributed by atoms with Gasteiger partial charge in [0, 0.05) is 24.0 Å². The Kier molecular flexibility index (Phi) is 10.6. The average molecular weight is 644 g/mol.